The van der Waals surface area contributed by atoms with Crippen molar-refractivity contribution in [1.82, 2.24) is 0 Å². The highest BCUT2D eigenvalue weighted by atomic mass is 79.9. The van der Waals surface area contributed by atoms with E-state index in [1.54, 1.807) is 0 Å². The van der Waals surface area contributed by atoms with Crippen LogP contribution < -0.4 is 10.6 Å². The van der Waals surface area contributed by atoms with E-state index in [9.17, 15) is 0 Å². The van der Waals surface area contributed by atoms with Crippen LogP contribution in [0.3, 0.4) is 0 Å². The summed E-state index contributed by atoms with van der Waals surface area (Å²) < 4.78 is 0.972. The molecule has 4 heteroatoms. The highest BCUT2D eigenvalue weighted by Gasteiger charge is 2.25. The number of nitrogen functional groups attached to an aromatic ring is 1. The molecule has 1 aromatic carbocycles. The maximum Gasteiger partial charge on any atom is 0.124 e. The van der Waals surface area contributed by atoms with Crippen LogP contribution in [0.4, 0.5) is 5.69 Å². The second-order valence-electron chi connectivity index (χ2n) is 4.96. The fraction of sp³-hybridized carbons (Fsp3) is 0.500. The molecule has 1 aliphatic carbocycles. The summed E-state index contributed by atoms with van der Waals surface area (Å²) in [6.45, 7) is 4.31. The van der Waals surface area contributed by atoms with Gasteiger partial charge in [0.05, 0.1) is 0 Å². The minimum Gasteiger partial charge on any atom is -0.384 e. The molecule has 0 saturated heterocycles. The Hall–Kier alpha value is -1.03. The molecule has 0 radical (unpaired) electrons. The molecule has 0 spiro atoms. The molecule has 0 aromatic heterocycles. The van der Waals surface area contributed by atoms with Gasteiger partial charge in [-0.1, -0.05) is 22.9 Å². The van der Waals surface area contributed by atoms with Crippen LogP contribution in [0.15, 0.2) is 22.7 Å². The number of rotatable bonds is 6. The molecule has 3 nitrogen and oxygen atoms in total. The number of benzene rings is 1. The summed E-state index contributed by atoms with van der Waals surface area (Å²) in [5.41, 5.74) is 7.63. The Kier molecular flexibility index (Phi) is 4.27. The summed E-state index contributed by atoms with van der Waals surface area (Å²) in [7, 11) is 0. The molecule has 18 heavy (non-hydrogen) atoms. The minimum atomic E-state index is 0.142. The molecule has 0 bridgehead atoms. The molecule has 0 unspecified atom stereocenters. The molecular weight excluding hydrogens is 290 g/mol. The first-order valence-electron chi connectivity index (χ1n) is 6.50. The molecule has 0 atom stereocenters. The quantitative estimate of drug-likeness (QED) is 0.625. The van der Waals surface area contributed by atoms with Crippen LogP contribution in [-0.2, 0) is 0 Å². The van der Waals surface area contributed by atoms with E-state index in [0.717, 1.165) is 41.2 Å². The van der Waals surface area contributed by atoms with Gasteiger partial charge in [-0.2, -0.15) is 0 Å². The highest BCUT2D eigenvalue weighted by Crippen LogP contribution is 2.33. The van der Waals surface area contributed by atoms with Crippen molar-refractivity contribution in [2.45, 2.75) is 26.2 Å². The van der Waals surface area contributed by atoms with Crippen molar-refractivity contribution >= 4 is 27.5 Å². The third-order valence-corrected chi connectivity index (χ3v) is 3.75. The summed E-state index contributed by atoms with van der Waals surface area (Å²) >= 11 is 3.45. The standard InChI is InChI=1S/C14H20BrN3/c1-2-7-18(9-10-3-4-10)13-6-5-11(15)8-12(13)14(16)17/h5-6,8,10H,2-4,7,9H2,1H3,(H3,16,17). The number of nitrogens with one attached hydrogen (secondary N) is 1. The van der Waals surface area contributed by atoms with E-state index in [-0.39, 0.29) is 5.84 Å². The second-order valence-corrected chi connectivity index (χ2v) is 5.88. The van der Waals surface area contributed by atoms with Crippen molar-refractivity contribution in [2.75, 3.05) is 18.0 Å². The fourth-order valence-electron chi connectivity index (χ4n) is 2.19. The number of halogens is 1. The number of anilines is 1. The Bertz CT molecular complexity index is 441. The molecule has 98 valence electrons. The zero-order chi connectivity index (χ0) is 13.1. The zero-order valence-electron chi connectivity index (χ0n) is 10.7. The summed E-state index contributed by atoms with van der Waals surface area (Å²) in [6, 6.07) is 6.03. The first-order valence-corrected chi connectivity index (χ1v) is 7.30. The van der Waals surface area contributed by atoms with Crippen LogP contribution in [-0.4, -0.2) is 18.9 Å². The Balaban J connectivity index is 2.29. The average Bonchev–Trinajstić information content (AvgIpc) is 3.12. The molecule has 0 aliphatic heterocycles. The van der Waals surface area contributed by atoms with E-state index < -0.39 is 0 Å². The number of amidine groups is 1. The molecule has 2 rings (SSSR count). The van der Waals surface area contributed by atoms with Gasteiger partial charge < -0.3 is 10.6 Å². The van der Waals surface area contributed by atoms with E-state index in [2.05, 4.69) is 33.8 Å². The van der Waals surface area contributed by atoms with Gasteiger partial charge in [-0.05, 0) is 43.4 Å². The molecule has 1 fully saturated rings. The van der Waals surface area contributed by atoms with Crippen LogP contribution >= 0.6 is 15.9 Å². The molecule has 0 heterocycles. The Labute approximate surface area is 117 Å². The van der Waals surface area contributed by atoms with E-state index in [1.807, 2.05) is 12.1 Å². The number of hydrogen-bond acceptors (Lipinski definition) is 2. The van der Waals surface area contributed by atoms with Crippen LogP contribution in [0.1, 0.15) is 31.7 Å². The smallest absolute Gasteiger partial charge is 0.124 e. The number of nitrogens with zero attached hydrogens (tertiary/aromatic N) is 1. The summed E-state index contributed by atoms with van der Waals surface area (Å²) in [5.74, 6) is 0.975. The van der Waals surface area contributed by atoms with E-state index in [0.29, 0.717) is 0 Å². The van der Waals surface area contributed by atoms with Crippen molar-refractivity contribution < 1.29 is 0 Å². The zero-order valence-corrected chi connectivity index (χ0v) is 12.3. The third-order valence-electron chi connectivity index (χ3n) is 3.26. The van der Waals surface area contributed by atoms with Gasteiger partial charge >= 0.3 is 0 Å². The van der Waals surface area contributed by atoms with Crippen molar-refractivity contribution in [3.63, 3.8) is 0 Å². The molecule has 3 N–H and O–H groups in total. The van der Waals surface area contributed by atoms with Crippen molar-refractivity contribution in [3.05, 3.63) is 28.2 Å². The van der Waals surface area contributed by atoms with Crippen LogP contribution in [0.2, 0.25) is 0 Å². The van der Waals surface area contributed by atoms with Crippen molar-refractivity contribution in [3.8, 4) is 0 Å². The Morgan fingerprint density at radius 1 is 1.50 bits per heavy atom. The summed E-state index contributed by atoms with van der Waals surface area (Å²) in [6.07, 6.45) is 3.79. The third kappa shape index (κ3) is 3.25. The van der Waals surface area contributed by atoms with Crippen molar-refractivity contribution in [1.29, 1.82) is 5.41 Å². The summed E-state index contributed by atoms with van der Waals surface area (Å²) in [5, 5.41) is 7.73. The second kappa shape index (κ2) is 5.74. The molecule has 1 aliphatic rings. The van der Waals surface area contributed by atoms with Crippen LogP contribution in [0, 0.1) is 11.3 Å². The monoisotopic (exact) mass is 309 g/mol. The highest BCUT2D eigenvalue weighted by molar-refractivity contribution is 9.10. The topological polar surface area (TPSA) is 53.1 Å². The molecular formula is C14H20BrN3. The number of nitrogens with two attached hydrogens (primary N) is 1. The average molecular weight is 310 g/mol. The van der Waals surface area contributed by atoms with Gasteiger partial charge in [0.1, 0.15) is 5.84 Å². The minimum absolute atomic E-state index is 0.142. The predicted octanol–water partition coefficient (Wildman–Crippen LogP) is 3.36. The molecule has 1 saturated carbocycles. The lowest BCUT2D eigenvalue weighted by atomic mass is 10.1. The van der Waals surface area contributed by atoms with Gasteiger partial charge in [0.25, 0.3) is 0 Å². The maximum atomic E-state index is 7.73. The normalized spacial score (nSPS) is 14.6. The van der Waals surface area contributed by atoms with Crippen molar-refractivity contribution in [2.24, 2.45) is 11.7 Å². The Morgan fingerprint density at radius 3 is 2.78 bits per heavy atom. The van der Waals surface area contributed by atoms with Gasteiger partial charge in [0.15, 0.2) is 0 Å². The van der Waals surface area contributed by atoms with Gasteiger partial charge in [-0.25, -0.2) is 0 Å². The van der Waals surface area contributed by atoms with Gasteiger partial charge in [0, 0.05) is 28.8 Å². The van der Waals surface area contributed by atoms with Gasteiger partial charge in [0.2, 0.25) is 0 Å². The lowest BCUT2D eigenvalue weighted by Crippen LogP contribution is -2.29. The lowest BCUT2D eigenvalue weighted by Gasteiger charge is -2.26. The van der Waals surface area contributed by atoms with Crippen LogP contribution in [0.5, 0.6) is 0 Å². The SMILES string of the molecule is CCCN(CC1CC1)c1ccc(Br)cc1C(=N)N. The summed E-state index contributed by atoms with van der Waals surface area (Å²) in [4.78, 5) is 2.38. The predicted molar refractivity (Wildman–Crippen MR) is 80.4 cm³/mol. The molecule has 0 amide bonds. The first-order chi connectivity index (χ1) is 8.61. The van der Waals surface area contributed by atoms with Gasteiger partial charge in [-0.3, -0.25) is 5.41 Å². The fourth-order valence-corrected chi connectivity index (χ4v) is 2.55. The van der Waals surface area contributed by atoms with E-state index >= 15 is 0 Å². The maximum absolute atomic E-state index is 7.73. The molecule has 1 aromatic rings. The van der Waals surface area contributed by atoms with Crippen LogP contribution in [0.25, 0.3) is 0 Å². The van der Waals surface area contributed by atoms with E-state index in [1.165, 1.54) is 12.8 Å². The number of hydrogen-bond donors (Lipinski definition) is 2. The van der Waals surface area contributed by atoms with E-state index in [4.69, 9.17) is 11.1 Å². The largest absolute Gasteiger partial charge is 0.384 e. The Morgan fingerprint density at radius 2 is 2.22 bits per heavy atom. The van der Waals surface area contributed by atoms with Gasteiger partial charge in [-0.15, -0.1) is 0 Å². The lowest BCUT2D eigenvalue weighted by molar-refractivity contribution is 0.707. The first kappa shape index (κ1) is 13.4.